The fourth-order valence-corrected chi connectivity index (χ4v) is 3.90. The Morgan fingerprint density at radius 2 is 1.90 bits per heavy atom. The fraction of sp³-hybridized carbons (Fsp3) is 0.217. The first-order chi connectivity index (χ1) is 14.7. The summed E-state index contributed by atoms with van der Waals surface area (Å²) in [6, 6.07) is 10.6. The number of rotatable bonds is 2. The van der Waals surface area contributed by atoms with Crippen LogP contribution in [0.4, 0.5) is 18.9 Å². The molecule has 1 aliphatic rings. The Bertz CT molecular complexity index is 1160. The SMILES string of the molecule is C[C@H]1CCc2cc(-c3ncccc3C(F)(F)F)ccc2N1C(=O)c1ccc(O)cc1O. The lowest BCUT2D eigenvalue weighted by atomic mass is 9.92. The third kappa shape index (κ3) is 3.81. The minimum Gasteiger partial charge on any atom is -0.508 e. The number of hydrogen-bond donors (Lipinski definition) is 2. The van der Waals surface area contributed by atoms with Crippen molar-refractivity contribution in [2.45, 2.75) is 32.0 Å². The van der Waals surface area contributed by atoms with Gasteiger partial charge in [-0.15, -0.1) is 0 Å². The van der Waals surface area contributed by atoms with Gasteiger partial charge in [-0.25, -0.2) is 0 Å². The molecule has 0 saturated carbocycles. The Balaban J connectivity index is 1.77. The van der Waals surface area contributed by atoms with Gasteiger partial charge in [-0.05, 0) is 61.7 Å². The number of anilines is 1. The first-order valence-electron chi connectivity index (χ1n) is 9.68. The molecule has 0 aliphatic carbocycles. The van der Waals surface area contributed by atoms with Gasteiger partial charge in [0.25, 0.3) is 5.91 Å². The van der Waals surface area contributed by atoms with Crippen LogP contribution in [0.2, 0.25) is 0 Å². The number of carbonyl (C=O) groups excluding carboxylic acids is 1. The molecule has 1 atom stereocenters. The van der Waals surface area contributed by atoms with Crippen LogP contribution in [0.3, 0.4) is 0 Å². The number of phenolic OH excluding ortho intramolecular Hbond substituents is 2. The molecule has 5 nitrogen and oxygen atoms in total. The van der Waals surface area contributed by atoms with Crippen molar-refractivity contribution >= 4 is 11.6 Å². The van der Waals surface area contributed by atoms with Gasteiger partial charge in [0.2, 0.25) is 0 Å². The molecule has 2 N–H and O–H groups in total. The number of amides is 1. The van der Waals surface area contributed by atoms with Gasteiger partial charge in [0.05, 0.1) is 16.8 Å². The van der Waals surface area contributed by atoms with Crippen molar-refractivity contribution in [3.8, 4) is 22.8 Å². The monoisotopic (exact) mass is 428 g/mol. The molecule has 8 heteroatoms. The van der Waals surface area contributed by atoms with Gasteiger partial charge in [-0.1, -0.05) is 6.07 Å². The second-order valence-electron chi connectivity index (χ2n) is 7.51. The first kappa shape index (κ1) is 20.7. The zero-order valence-corrected chi connectivity index (χ0v) is 16.5. The predicted molar refractivity (Wildman–Crippen MR) is 109 cm³/mol. The number of hydrogen-bond acceptors (Lipinski definition) is 4. The van der Waals surface area contributed by atoms with Crippen molar-refractivity contribution in [3.63, 3.8) is 0 Å². The molecule has 1 aromatic heterocycles. The van der Waals surface area contributed by atoms with Crippen molar-refractivity contribution in [1.82, 2.24) is 4.98 Å². The highest BCUT2D eigenvalue weighted by Crippen LogP contribution is 2.39. The minimum atomic E-state index is -4.54. The van der Waals surface area contributed by atoms with Crippen molar-refractivity contribution in [1.29, 1.82) is 0 Å². The largest absolute Gasteiger partial charge is 0.508 e. The number of alkyl halides is 3. The molecule has 0 saturated heterocycles. The van der Waals surface area contributed by atoms with E-state index in [2.05, 4.69) is 4.98 Å². The molecule has 2 heterocycles. The molecule has 0 radical (unpaired) electrons. The highest BCUT2D eigenvalue weighted by atomic mass is 19.4. The number of benzene rings is 2. The van der Waals surface area contributed by atoms with Crippen LogP contribution < -0.4 is 4.90 Å². The number of pyridine rings is 1. The second-order valence-corrected chi connectivity index (χ2v) is 7.51. The van der Waals surface area contributed by atoms with Crippen molar-refractivity contribution in [3.05, 3.63) is 71.4 Å². The van der Waals surface area contributed by atoms with E-state index in [1.165, 1.54) is 35.4 Å². The Labute approximate surface area is 176 Å². The van der Waals surface area contributed by atoms with E-state index < -0.39 is 17.6 Å². The van der Waals surface area contributed by atoms with E-state index in [0.29, 0.717) is 24.1 Å². The van der Waals surface area contributed by atoms with Crippen LogP contribution in [0.25, 0.3) is 11.3 Å². The Kier molecular flexibility index (Phi) is 5.08. The van der Waals surface area contributed by atoms with E-state index in [9.17, 15) is 28.2 Å². The smallest absolute Gasteiger partial charge is 0.418 e. The lowest BCUT2D eigenvalue weighted by Gasteiger charge is -2.35. The third-order valence-corrected chi connectivity index (χ3v) is 5.43. The van der Waals surface area contributed by atoms with E-state index >= 15 is 0 Å². The van der Waals surface area contributed by atoms with E-state index in [0.717, 1.165) is 17.7 Å². The maximum atomic E-state index is 13.4. The first-order valence-corrected chi connectivity index (χ1v) is 9.68. The molecule has 1 amide bonds. The van der Waals surface area contributed by atoms with E-state index in [1.807, 2.05) is 6.92 Å². The maximum Gasteiger partial charge on any atom is 0.418 e. The summed E-state index contributed by atoms with van der Waals surface area (Å²) < 4.78 is 40.2. The second kappa shape index (κ2) is 7.61. The number of phenols is 2. The third-order valence-electron chi connectivity index (χ3n) is 5.43. The topological polar surface area (TPSA) is 73.7 Å². The molecular formula is C23H19F3N2O3. The number of aromatic hydroxyl groups is 2. The van der Waals surface area contributed by atoms with Crippen LogP contribution in [0.5, 0.6) is 11.5 Å². The van der Waals surface area contributed by atoms with Crippen LogP contribution in [-0.2, 0) is 12.6 Å². The number of fused-ring (bicyclic) bond motifs is 1. The molecule has 1 aliphatic heterocycles. The lowest BCUT2D eigenvalue weighted by molar-refractivity contribution is -0.137. The number of aryl methyl sites for hydroxylation is 1. The molecule has 0 bridgehead atoms. The Hall–Kier alpha value is -3.55. The van der Waals surface area contributed by atoms with Crippen molar-refractivity contribution in [2.24, 2.45) is 0 Å². The van der Waals surface area contributed by atoms with Gasteiger partial charge in [0.15, 0.2) is 0 Å². The highest BCUT2D eigenvalue weighted by molar-refractivity contribution is 6.09. The summed E-state index contributed by atoms with van der Waals surface area (Å²) in [4.78, 5) is 18.6. The standard InChI is InChI=1S/C23H19F3N2O3/c1-13-4-5-14-11-15(21-18(23(24,25)26)3-2-10-27-21)6-9-19(14)28(13)22(31)17-8-7-16(29)12-20(17)30/h2-3,6-13,29-30H,4-5H2,1H3/t13-/m0/s1. The molecule has 2 aromatic carbocycles. The van der Waals surface area contributed by atoms with Gasteiger partial charge in [-0.2, -0.15) is 13.2 Å². The van der Waals surface area contributed by atoms with Crippen LogP contribution in [0, 0.1) is 0 Å². The molecule has 0 unspecified atom stereocenters. The van der Waals surface area contributed by atoms with E-state index in [4.69, 9.17) is 0 Å². The molecule has 3 aromatic rings. The normalized spacial score (nSPS) is 16.1. The van der Waals surface area contributed by atoms with Crippen LogP contribution in [0.15, 0.2) is 54.7 Å². The Morgan fingerprint density at radius 3 is 2.61 bits per heavy atom. The van der Waals surface area contributed by atoms with Gasteiger partial charge in [0, 0.05) is 29.6 Å². The summed E-state index contributed by atoms with van der Waals surface area (Å²) in [5, 5.41) is 19.6. The average Bonchev–Trinajstić information content (AvgIpc) is 2.72. The average molecular weight is 428 g/mol. The van der Waals surface area contributed by atoms with Crippen molar-refractivity contribution < 1.29 is 28.2 Å². The van der Waals surface area contributed by atoms with Crippen molar-refractivity contribution in [2.75, 3.05) is 4.90 Å². The summed E-state index contributed by atoms with van der Waals surface area (Å²) in [6.07, 6.45) is -2.03. The summed E-state index contributed by atoms with van der Waals surface area (Å²) in [5.41, 5.74) is 0.670. The zero-order chi connectivity index (χ0) is 22.3. The van der Waals surface area contributed by atoms with E-state index in [-0.39, 0.29) is 28.8 Å². The van der Waals surface area contributed by atoms with Gasteiger partial charge >= 0.3 is 6.18 Å². The number of carbonyl (C=O) groups is 1. The molecule has 0 fully saturated rings. The molecule has 31 heavy (non-hydrogen) atoms. The molecule has 160 valence electrons. The fourth-order valence-electron chi connectivity index (χ4n) is 3.90. The summed E-state index contributed by atoms with van der Waals surface area (Å²) >= 11 is 0. The van der Waals surface area contributed by atoms with Crippen LogP contribution in [0.1, 0.15) is 34.8 Å². The number of halogens is 3. The van der Waals surface area contributed by atoms with Gasteiger partial charge in [-0.3, -0.25) is 9.78 Å². The Morgan fingerprint density at radius 1 is 1.13 bits per heavy atom. The highest BCUT2D eigenvalue weighted by Gasteiger charge is 2.35. The minimum absolute atomic E-state index is 0.0330. The van der Waals surface area contributed by atoms with Crippen LogP contribution >= 0.6 is 0 Å². The molecule has 4 rings (SSSR count). The molecule has 0 spiro atoms. The summed E-state index contributed by atoms with van der Waals surface area (Å²) in [5.74, 6) is -0.960. The summed E-state index contributed by atoms with van der Waals surface area (Å²) in [7, 11) is 0. The predicted octanol–water partition coefficient (Wildman–Crippen LogP) is 5.16. The van der Waals surface area contributed by atoms with Crippen LogP contribution in [-0.4, -0.2) is 27.1 Å². The number of nitrogens with zero attached hydrogens (tertiary/aromatic N) is 2. The molecular weight excluding hydrogens is 409 g/mol. The van der Waals surface area contributed by atoms with Gasteiger partial charge in [0.1, 0.15) is 11.5 Å². The summed E-state index contributed by atoms with van der Waals surface area (Å²) in [6.45, 7) is 1.87. The maximum absolute atomic E-state index is 13.4. The quantitative estimate of drug-likeness (QED) is 0.591. The zero-order valence-electron chi connectivity index (χ0n) is 16.5. The number of aromatic nitrogens is 1. The van der Waals surface area contributed by atoms with E-state index in [1.54, 1.807) is 12.1 Å². The lowest BCUT2D eigenvalue weighted by Crippen LogP contribution is -2.42. The van der Waals surface area contributed by atoms with Gasteiger partial charge < -0.3 is 15.1 Å².